The van der Waals surface area contributed by atoms with Gasteiger partial charge in [0, 0.05) is 35.8 Å². The predicted octanol–water partition coefficient (Wildman–Crippen LogP) is 5.22. The minimum Gasteiger partial charge on any atom is -0.342 e. The summed E-state index contributed by atoms with van der Waals surface area (Å²) < 4.78 is 2.88. The van der Waals surface area contributed by atoms with Crippen LogP contribution < -0.4 is 0 Å². The van der Waals surface area contributed by atoms with Gasteiger partial charge in [-0.25, -0.2) is 0 Å². The zero-order chi connectivity index (χ0) is 19.0. The smallest absolute Gasteiger partial charge is 0.266 e. The lowest BCUT2D eigenvalue weighted by Crippen LogP contribution is -2.27. The number of rotatable bonds is 4. The average Bonchev–Trinajstić information content (AvgIpc) is 3.14. The fourth-order valence-corrected chi connectivity index (χ4v) is 4.70. The number of hydrogen-bond donors (Lipinski definition) is 0. The van der Waals surface area contributed by atoms with Crippen molar-refractivity contribution in [2.45, 2.75) is 20.4 Å². The van der Waals surface area contributed by atoms with Gasteiger partial charge in [0.05, 0.1) is 4.91 Å². The molecule has 0 bridgehead atoms. The van der Waals surface area contributed by atoms with Gasteiger partial charge in [-0.3, -0.25) is 9.69 Å². The highest BCUT2D eigenvalue weighted by Crippen LogP contribution is 2.34. The highest BCUT2D eigenvalue weighted by atomic mass is 32.2. The van der Waals surface area contributed by atoms with Gasteiger partial charge in [0.1, 0.15) is 4.32 Å². The minimum atomic E-state index is 0.00265. The van der Waals surface area contributed by atoms with Crippen molar-refractivity contribution in [3.8, 4) is 0 Å². The first-order chi connectivity index (χ1) is 13.1. The standard InChI is InChI=1S/C22H20N2OS2/c1-3-24-21(25)20(27-22(24)26)12-17-14-23(19-7-5-4-6-18(17)19)13-16-10-8-15(2)9-11-16/h4-12,14H,3,13H2,1-2H3/b20-12+. The number of aromatic nitrogens is 1. The lowest BCUT2D eigenvalue weighted by atomic mass is 10.1. The topological polar surface area (TPSA) is 25.2 Å². The second-order valence-electron chi connectivity index (χ2n) is 6.64. The maximum Gasteiger partial charge on any atom is 0.266 e. The minimum absolute atomic E-state index is 0.00265. The molecule has 1 aliphatic heterocycles. The van der Waals surface area contributed by atoms with Gasteiger partial charge in [0.15, 0.2) is 0 Å². The van der Waals surface area contributed by atoms with Gasteiger partial charge in [-0.15, -0.1) is 0 Å². The van der Waals surface area contributed by atoms with Crippen LogP contribution in [0.1, 0.15) is 23.6 Å². The van der Waals surface area contributed by atoms with E-state index in [1.54, 1.807) is 4.90 Å². The summed E-state index contributed by atoms with van der Waals surface area (Å²) in [7, 11) is 0. The van der Waals surface area contributed by atoms with Crippen molar-refractivity contribution in [3.05, 3.63) is 76.3 Å². The molecule has 27 heavy (non-hydrogen) atoms. The van der Waals surface area contributed by atoms with Crippen LogP contribution in [-0.4, -0.2) is 26.2 Å². The predicted molar refractivity (Wildman–Crippen MR) is 118 cm³/mol. The molecule has 0 radical (unpaired) electrons. The Hall–Kier alpha value is -2.37. The van der Waals surface area contributed by atoms with E-state index in [1.807, 2.05) is 25.1 Å². The van der Waals surface area contributed by atoms with Crippen LogP contribution in [0, 0.1) is 6.92 Å². The van der Waals surface area contributed by atoms with Gasteiger partial charge >= 0.3 is 0 Å². The molecular formula is C22H20N2OS2. The Morgan fingerprint density at radius 1 is 1.11 bits per heavy atom. The molecule has 0 aliphatic carbocycles. The summed E-state index contributed by atoms with van der Waals surface area (Å²) in [5.74, 6) is 0.00265. The molecule has 1 aromatic heterocycles. The Morgan fingerprint density at radius 2 is 1.85 bits per heavy atom. The van der Waals surface area contributed by atoms with E-state index in [-0.39, 0.29) is 5.91 Å². The third kappa shape index (κ3) is 3.45. The highest BCUT2D eigenvalue weighted by molar-refractivity contribution is 8.26. The lowest BCUT2D eigenvalue weighted by molar-refractivity contribution is -0.121. The number of fused-ring (bicyclic) bond motifs is 1. The SMILES string of the molecule is CCN1C(=O)/C(=C\c2cn(Cc3ccc(C)cc3)c3ccccc23)SC1=S. The molecule has 1 amide bonds. The number of hydrogen-bond acceptors (Lipinski definition) is 3. The fourth-order valence-electron chi connectivity index (χ4n) is 3.33. The van der Waals surface area contributed by atoms with Crippen LogP contribution in [0.5, 0.6) is 0 Å². The normalized spacial score (nSPS) is 16.1. The average molecular weight is 393 g/mol. The molecule has 0 atom stereocenters. The first kappa shape index (κ1) is 18.0. The number of carbonyl (C=O) groups is 1. The second-order valence-corrected chi connectivity index (χ2v) is 8.32. The molecule has 2 heterocycles. The first-order valence-corrected chi connectivity index (χ1v) is 10.2. The molecule has 0 N–H and O–H groups in total. The van der Waals surface area contributed by atoms with Crippen molar-refractivity contribution in [3.63, 3.8) is 0 Å². The van der Waals surface area contributed by atoms with Gasteiger partial charge in [0.2, 0.25) is 0 Å². The molecule has 1 saturated heterocycles. The maximum atomic E-state index is 12.6. The van der Waals surface area contributed by atoms with Crippen LogP contribution in [0.2, 0.25) is 0 Å². The number of benzene rings is 2. The summed E-state index contributed by atoms with van der Waals surface area (Å²) in [4.78, 5) is 14.9. The zero-order valence-electron chi connectivity index (χ0n) is 15.3. The summed E-state index contributed by atoms with van der Waals surface area (Å²) in [6.45, 7) is 5.45. The summed E-state index contributed by atoms with van der Waals surface area (Å²) >= 11 is 6.71. The Morgan fingerprint density at radius 3 is 2.56 bits per heavy atom. The van der Waals surface area contributed by atoms with E-state index in [2.05, 4.69) is 54.1 Å². The molecule has 0 unspecified atom stereocenters. The van der Waals surface area contributed by atoms with E-state index >= 15 is 0 Å². The second kappa shape index (κ2) is 7.33. The monoisotopic (exact) mass is 392 g/mol. The van der Waals surface area contributed by atoms with Crippen molar-refractivity contribution in [1.29, 1.82) is 0 Å². The van der Waals surface area contributed by atoms with Crippen molar-refractivity contribution in [1.82, 2.24) is 9.47 Å². The molecule has 3 aromatic rings. The largest absolute Gasteiger partial charge is 0.342 e. The Balaban J connectivity index is 1.74. The number of carbonyl (C=O) groups excluding carboxylic acids is 1. The van der Waals surface area contributed by atoms with Crippen molar-refractivity contribution in [2.75, 3.05) is 6.54 Å². The van der Waals surface area contributed by atoms with Crippen molar-refractivity contribution in [2.24, 2.45) is 0 Å². The highest BCUT2D eigenvalue weighted by Gasteiger charge is 2.30. The summed E-state index contributed by atoms with van der Waals surface area (Å²) in [5, 5.41) is 1.14. The number of thioether (sulfide) groups is 1. The van der Waals surface area contributed by atoms with Gasteiger partial charge < -0.3 is 4.57 Å². The molecule has 2 aromatic carbocycles. The molecule has 0 spiro atoms. The fraction of sp³-hybridized carbons (Fsp3) is 0.182. The zero-order valence-corrected chi connectivity index (χ0v) is 16.9. The van der Waals surface area contributed by atoms with E-state index in [1.165, 1.54) is 22.9 Å². The quantitative estimate of drug-likeness (QED) is 0.450. The van der Waals surface area contributed by atoms with E-state index < -0.39 is 0 Å². The number of thiocarbonyl (C=S) groups is 1. The number of amides is 1. The van der Waals surface area contributed by atoms with E-state index in [0.29, 0.717) is 15.8 Å². The Labute approximate surface area is 168 Å². The summed E-state index contributed by atoms with van der Waals surface area (Å²) in [5.41, 5.74) is 4.73. The van der Waals surface area contributed by atoms with Crippen LogP contribution >= 0.6 is 24.0 Å². The van der Waals surface area contributed by atoms with Crippen LogP contribution in [0.25, 0.3) is 17.0 Å². The van der Waals surface area contributed by atoms with Crippen molar-refractivity contribution >= 4 is 51.2 Å². The van der Waals surface area contributed by atoms with Crippen molar-refractivity contribution < 1.29 is 4.79 Å². The van der Waals surface area contributed by atoms with E-state index in [4.69, 9.17) is 12.2 Å². The molecule has 136 valence electrons. The number of nitrogens with zero attached hydrogens (tertiary/aromatic N) is 2. The van der Waals surface area contributed by atoms with Gasteiger partial charge in [0.25, 0.3) is 5.91 Å². The molecule has 0 saturated carbocycles. The molecular weight excluding hydrogens is 372 g/mol. The lowest BCUT2D eigenvalue weighted by Gasteiger charge is -2.09. The molecule has 1 fully saturated rings. The number of para-hydroxylation sites is 1. The molecule has 1 aliphatic rings. The van der Waals surface area contributed by atoms with Gasteiger partial charge in [-0.1, -0.05) is 72.0 Å². The maximum absolute atomic E-state index is 12.6. The van der Waals surface area contributed by atoms with Crippen LogP contribution in [-0.2, 0) is 11.3 Å². The molecule has 3 nitrogen and oxygen atoms in total. The first-order valence-electron chi connectivity index (χ1n) is 8.95. The third-order valence-electron chi connectivity index (χ3n) is 4.77. The Kier molecular flexibility index (Phi) is 4.89. The number of likely N-dealkylation sites (N-methyl/N-ethyl adjacent to an activating group) is 1. The Bertz CT molecular complexity index is 1060. The summed E-state index contributed by atoms with van der Waals surface area (Å²) in [6, 6.07) is 16.9. The van der Waals surface area contributed by atoms with E-state index in [0.717, 1.165) is 23.0 Å². The van der Waals surface area contributed by atoms with Crippen LogP contribution in [0.15, 0.2) is 59.6 Å². The van der Waals surface area contributed by atoms with Crippen LogP contribution in [0.3, 0.4) is 0 Å². The third-order valence-corrected chi connectivity index (χ3v) is 6.15. The van der Waals surface area contributed by atoms with Gasteiger partial charge in [-0.2, -0.15) is 0 Å². The summed E-state index contributed by atoms with van der Waals surface area (Å²) in [6.07, 6.45) is 4.10. The van der Waals surface area contributed by atoms with Gasteiger partial charge in [-0.05, 0) is 31.6 Å². The van der Waals surface area contributed by atoms with E-state index in [9.17, 15) is 4.79 Å². The van der Waals surface area contributed by atoms with Crippen LogP contribution in [0.4, 0.5) is 0 Å². The molecule has 4 rings (SSSR count). The number of aryl methyl sites for hydroxylation is 1. The molecule has 5 heteroatoms.